The zero-order valence-corrected chi connectivity index (χ0v) is 11.9. The highest BCUT2D eigenvalue weighted by Gasteiger charge is 2.34. The third-order valence-corrected chi connectivity index (χ3v) is 4.51. The number of rotatable bonds is 3. The Bertz CT molecular complexity index is 436. The first-order chi connectivity index (χ1) is 9.04. The van der Waals surface area contributed by atoms with E-state index in [4.69, 9.17) is 11.6 Å². The summed E-state index contributed by atoms with van der Waals surface area (Å²) >= 11 is 6.09. The lowest BCUT2D eigenvalue weighted by atomic mass is 9.78. The Morgan fingerprint density at radius 1 is 1.37 bits per heavy atom. The van der Waals surface area contributed by atoms with Crippen molar-refractivity contribution < 1.29 is 9.90 Å². The van der Waals surface area contributed by atoms with Crippen LogP contribution in [0.25, 0.3) is 0 Å². The second kappa shape index (κ2) is 5.83. The summed E-state index contributed by atoms with van der Waals surface area (Å²) in [5, 5.41) is 12.3. The molecule has 3 nitrogen and oxygen atoms in total. The zero-order valence-electron chi connectivity index (χ0n) is 11.2. The van der Waals surface area contributed by atoms with Gasteiger partial charge in [-0.3, -0.25) is 4.79 Å². The van der Waals surface area contributed by atoms with Gasteiger partial charge in [-0.25, -0.2) is 0 Å². The molecule has 1 amide bonds. The van der Waals surface area contributed by atoms with Crippen molar-refractivity contribution in [3.8, 4) is 5.75 Å². The van der Waals surface area contributed by atoms with Gasteiger partial charge in [0.1, 0.15) is 5.75 Å². The van der Waals surface area contributed by atoms with Crippen LogP contribution in [0.3, 0.4) is 0 Å². The monoisotopic (exact) mass is 281 g/mol. The van der Waals surface area contributed by atoms with Crippen LogP contribution in [0.1, 0.15) is 43.0 Å². The summed E-state index contributed by atoms with van der Waals surface area (Å²) in [6, 6.07) is 6.28. The molecule has 0 spiro atoms. The van der Waals surface area contributed by atoms with Gasteiger partial charge < -0.3 is 10.4 Å². The Morgan fingerprint density at radius 3 is 2.47 bits per heavy atom. The topological polar surface area (TPSA) is 49.3 Å². The standard InChI is InChI=1S/C15H20ClNO2/c1-11-6-8-15(10-16,9-7-11)17-14(19)12-2-4-13(18)5-3-12/h2-5,11,18H,6-10H2,1H3,(H,17,19). The van der Waals surface area contributed by atoms with E-state index >= 15 is 0 Å². The predicted molar refractivity (Wildman–Crippen MR) is 76.7 cm³/mol. The predicted octanol–water partition coefficient (Wildman–Crippen LogP) is 3.31. The molecule has 1 aromatic rings. The maximum absolute atomic E-state index is 12.2. The Hall–Kier alpha value is -1.22. The van der Waals surface area contributed by atoms with Gasteiger partial charge in [0.25, 0.3) is 5.91 Å². The highest BCUT2D eigenvalue weighted by molar-refractivity contribution is 6.19. The molecule has 0 aromatic heterocycles. The zero-order chi connectivity index (χ0) is 13.9. The van der Waals surface area contributed by atoms with Gasteiger partial charge in [0, 0.05) is 11.4 Å². The highest BCUT2D eigenvalue weighted by Crippen LogP contribution is 2.33. The van der Waals surface area contributed by atoms with Crippen molar-refractivity contribution in [3.05, 3.63) is 29.8 Å². The molecule has 19 heavy (non-hydrogen) atoms. The maximum atomic E-state index is 12.2. The third-order valence-electron chi connectivity index (χ3n) is 4.00. The molecule has 1 saturated carbocycles. The number of carbonyl (C=O) groups is 1. The second-order valence-corrected chi connectivity index (χ2v) is 5.86. The molecule has 0 saturated heterocycles. The van der Waals surface area contributed by atoms with Gasteiger partial charge >= 0.3 is 0 Å². The van der Waals surface area contributed by atoms with Crippen molar-refractivity contribution in [1.82, 2.24) is 5.32 Å². The number of hydrogen-bond acceptors (Lipinski definition) is 2. The fourth-order valence-electron chi connectivity index (χ4n) is 2.53. The Balaban J connectivity index is 2.06. The molecule has 4 heteroatoms. The quantitative estimate of drug-likeness (QED) is 0.835. The number of phenols is 1. The molecule has 1 aliphatic carbocycles. The van der Waals surface area contributed by atoms with Crippen molar-refractivity contribution in [2.45, 2.75) is 38.1 Å². The van der Waals surface area contributed by atoms with E-state index < -0.39 is 0 Å². The average molecular weight is 282 g/mol. The molecule has 0 heterocycles. The molecule has 0 bridgehead atoms. The number of benzene rings is 1. The lowest BCUT2D eigenvalue weighted by molar-refractivity contribution is 0.0872. The van der Waals surface area contributed by atoms with Crippen LogP contribution in [0.5, 0.6) is 5.75 Å². The Labute approximate surface area is 119 Å². The number of amides is 1. The number of nitrogens with one attached hydrogen (secondary N) is 1. The van der Waals surface area contributed by atoms with Crippen LogP contribution in [0, 0.1) is 5.92 Å². The Kier molecular flexibility index (Phi) is 4.35. The lowest BCUT2D eigenvalue weighted by Crippen LogP contribution is -2.52. The molecule has 2 rings (SSSR count). The smallest absolute Gasteiger partial charge is 0.251 e. The summed E-state index contributed by atoms with van der Waals surface area (Å²) in [6.45, 7) is 2.24. The van der Waals surface area contributed by atoms with Gasteiger partial charge in [0.05, 0.1) is 5.54 Å². The molecular weight excluding hydrogens is 262 g/mol. The van der Waals surface area contributed by atoms with E-state index in [0.29, 0.717) is 17.4 Å². The molecule has 1 aliphatic rings. The van der Waals surface area contributed by atoms with Crippen molar-refractivity contribution in [3.63, 3.8) is 0 Å². The largest absolute Gasteiger partial charge is 0.508 e. The van der Waals surface area contributed by atoms with E-state index in [0.717, 1.165) is 25.7 Å². The summed E-state index contributed by atoms with van der Waals surface area (Å²) in [6.07, 6.45) is 4.06. The van der Waals surface area contributed by atoms with Crippen molar-refractivity contribution in [2.24, 2.45) is 5.92 Å². The van der Waals surface area contributed by atoms with Gasteiger partial charge in [-0.1, -0.05) is 6.92 Å². The minimum Gasteiger partial charge on any atom is -0.508 e. The number of aromatic hydroxyl groups is 1. The van der Waals surface area contributed by atoms with E-state index in [1.54, 1.807) is 12.1 Å². The van der Waals surface area contributed by atoms with Gasteiger partial charge in [-0.2, -0.15) is 0 Å². The summed E-state index contributed by atoms with van der Waals surface area (Å²) in [4.78, 5) is 12.2. The first-order valence-electron chi connectivity index (χ1n) is 6.72. The number of alkyl halides is 1. The van der Waals surface area contributed by atoms with E-state index in [9.17, 15) is 9.90 Å². The van der Waals surface area contributed by atoms with Crippen LogP contribution >= 0.6 is 11.6 Å². The molecule has 0 aliphatic heterocycles. The summed E-state index contributed by atoms with van der Waals surface area (Å²) in [5.41, 5.74) is 0.282. The SMILES string of the molecule is CC1CCC(CCl)(NC(=O)c2ccc(O)cc2)CC1. The second-order valence-electron chi connectivity index (χ2n) is 5.60. The fraction of sp³-hybridized carbons (Fsp3) is 0.533. The van der Waals surface area contributed by atoms with Gasteiger partial charge in [-0.05, 0) is 55.9 Å². The van der Waals surface area contributed by atoms with Crippen LogP contribution in [0.2, 0.25) is 0 Å². The number of hydrogen-bond donors (Lipinski definition) is 2. The van der Waals surface area contributed by atoms with Gasteiger partial charge in [0.2, 0.25) is 0 Å². The summed E-state index contributed by atoms with van der Waals surface area (Å²) < 4.78 is 0. The van der Waals surface area contributed by atoms with Crippen LogP contribution < -0.4 is 5.32 Å². The minimum atomic E-state index is -0.275. The molecule has 104 valence electrons. The van der Waals surface area contributed by atoms with E-state index in [1.165, 1.54) is 12.1 Å². The van der Waals surface area contributed by atoms with Crippen LogP contribution in [0.15, 0.2) is 24.3 Å². The number of phenolic OH excluding ortho intramolecular Hbond substituents is 1. The third kappa shape index (κ3) is 3.41. The average Bonchev–Trinajstić information content (AvgIpc) is 2.42. The minimum absolute atomic E-state index is 0.116. The first kappa shape index (κ1) is 14.2. The summed E-state index contributed by atoms with van der Waals surface area (Å²) in [7, 11) is 0. The molecule has 0 atom stereocenters. The maximum Gasteiger partial charge on any atom is 0.251 e. The van der Waals surface area contributed by atoms with Crippen LogP contribution in [0.4, 0.5) is 0 Å². The van der Waals surface area contributed by atoms with Crippen LogP contribution in [-0.4, -0.2) is 22.4 Å². The summed E-state index contributed by atoms with van der Waals surface area (Å²) in [5.74, 6) is 1.20. The normalized spacial score (nSPS) is 26.9. The van der Waals surface area contributed by atoms with E-state index in [-0.39, 0.29) is 17.2 Å². The number of halogens is 1. The highest BCUT2D eigenvalue weighted by atomic mass is 35.5. The van der Waals surface area contributed by atoms with Gasteiger partial charge in [0.15, 0.2) is 0 Å². The van der Waals surface area contributed by atoms with E-state index in [1.807, 2.05) is 0 Å². The van der Waals surface area contributed by atoms with Gasteiger partial charge in [-0.15, -0.1) is 11.6 Å². The Morgan fingerprint density at radius 2 is 1.95 bits per heavy atom. The van der Waals surface area contributed by atoms with E-state index in [2.05, 4.69) is 12.2 Å². The molecule has 2 N–H and O–H groups in total. The molecule has 1 fully saturated rings. The van der Waals surface area contributed by atoms with Crippen molar-refractivity contribution >= 4 is 17.5 Å². The van der Waals surface area contributed by atoms with Crippen molar-refractivity contribution in [2.75, 3.05) is 5.88 Å². The van der Waals surface area contributed by atoms with Crippen molar-refractivity contribution in [1.29, 1.82) is 0 Å². The van der Waals surface area contributed by atoms with Crippen LogP contribution in [-0.2, 0) is 0 Å². The number of carbonyl (C=O) groups excluding carboxylic acids is 1. The molecular formula is C15H20ClNO2. The fourth-order valence-corrected chi connectivity index (χ4v) is 2.87. The molecule has 0 unspecified atom stereocenters. The lowest BCUT2D eigenvalue weighted by Gasteiger charge is -2.38. The first-order valence-corrected chi connectivity index (χ1v) is 7.26. The molecule has 0 radical (unpaired) electrons. The molecule has 1 aromatic carbocycles.